The molecule has 2 aromatic rings. The molecule has 1 atom stereocenters. The van der Waals surface area contributed by atoms with Crippen LogP contribution < -0.4 is 16.7 Å². The van der Waals surface area contributed by atoms with Crippen LogP contribution in [0.2, 0.25) is 0 Å². The molecule has 10 heteroatoms. The summed E-state index contributed by atoms with van der Waals surface area (Å²) in [6.45, 7) is 3.81. The second kappa shape index (κ2) is 5.96. The van der Waals surface area contributed by atoms with Crippen molar-refractivity contribution in [1.29, 1.82) is 5.41 Å². The maximum Gasteiger partial charge on any atom is 0.330 e. The number of thiophene rings is 1. The number of hydrazone groups is 1. The summed E-state index contributed by atoms with van der Waals surface area (Å²) in [5, 5.41) is 11.8. The molecule has 9 nitrogen and oxygen atoms in total. The van der Waals surface area contributed by atoms with Gasteiger partial charge in [0, 0.05) is 25.4 Å². The number of rotatable bonds is 4. The average Bonchev–Trinajstić information content (AvgIpc) is 2.96. The summed E-state index contributed by atoms with van der Waals surface area (Å²) in [6, 6.07) is 0. The van der Waals surface area contributed by atoms with Gasteiger partial charge in [-0.3, -0.25) is 24.6 Å². The Bertz CT molecular complexity index is 1020. The molecule has 3 heterocycles. The number of hydrogen-bond donors (Lipinski definition) is 3. The SMILES string of the molecule is Cc1c(N/N=C\C=N)sc2[nH]c(=O)n(C3(C)CC(=O)N(C)C3)c(=O)c12. The highest BCUT2D eigenvalue weighted by atomic mass is 32.1. The van der Waals surface area contributed by atoms with Gasteiger partial charge >= 0.3 is 5.69 Å². The normalized spacial score (nSPS) is 20.8. The van der Waals surface area contributed by atoms with Crippen LogP contribution in [0.4, 0.5) is 5.00 Å². The first-order chi connectivity index (χ1) is 11.8. The molecule has 0 bridgehead atoms. The third-order valence-electron chi connectivity index (χ3n) is 4.38. The fraction of sp³-hybridized carbons (Fsp3) is 0.400. The predicted molar refractivity (Wildman–Crippen MR) is 98.2 cm³/mol. The Kier molecular flexibility index (Phi) is 4.07. The number of likely N-dealkylation sites (tertiary alicyclic amines) is 1. The van der Waals surface area contributed by atoms with Crippen molar-refractivity contribution in [1.82, 2.24) is 14.5 Å². The minimum absolute atomic E-state index is 0.0979. The molecule has 1 aliphatic rings. The van der Waals surface area contributed by atoms with E-state index in [0.29, 0.717) is 27.3 Å². The molecule has 1 aliphatic heterocycles. The number of aromatic amines is 1. The number of hydrogen-bond acceptors (Lipinski definition) is 7. The van der Waals surface area contributed by atoms with Crippen molar-refractivity contribution in [3.8, 4) is 0 Å². The summed E-state index contributed by atoms with van der Waals surface area (Å²) in [5.41, 5.74) is 1.60. The van der Waals surface area contributed by atoms with Gasteiger partial charge in [-0.1, -0.05) is 11.3 Å². The first-order valence-electron chi connectivity index (χ1n) is 7.59. The first-order valence-corrected chi connectivity index (χ1v) is 8.41. The number of nitrogens with one attached hydrogen (secondary N) is 3. The molecule has 3 rings (SSSR count). The number of carbonyl (C=O) groups is 1. The van der Waals surface area contributed by atoms with Crippen LogP contribution >= 0.6 is 11.3 Å². The zero-order valence-corrected chi connectivity index (χ0v) is 14.9. The second-order valence-corrected chi connectivity index (χ2v) is 7.33. The van der Waals surface area contributed by atoms with Crippen molar-refractivity contribution in [3.05, 3.63) is 26.4 Å². The van der Waals surface area contributed by atoms with Crippen LogP contribution in [0.15, 0.2) is 14.7 Å². The predicted octanol–water partition coefficient (Wildman–Crippen LogP) is 0.684. The molecule has 1 amide bonds. The Labute approximate surface area is 146 Å². The minimum atomic E-state index is -0.884. The van der Waals surface area contributed by atoms with Crippen molar-refractivity contribution >= 4 is 44.9 Å². The number of amides is 1. The molecule has 25 heavy (non-hydrogen) atoms. The topological polar surface area (TPSA) is 123 Å². The van der Waals surface area contributed by atoms with Gasteiger partial charge in [-0.15, -0.1) is 0 Å². The van der Waals surface area contributed by atoms with E-state index in [1.807, 2.05) is 0 Å². The van der Waals surface area contributed by atoms with E-state index in [0.717, 1.165) is 10.8 Å². The molecule has 0 aromatic carbocycles. The lowest BCUT2D eigenvalue weighted by molar-refractivity contribution is -0.126. The lowest BCUT2D eigenvalue weighted by atomic mass is 10.0. The summed E-state index contributed by atoms with van der Waals surface area (Å²) in [7, 11) is 1.66. The highest BCUT2D eigenvalue weighted by Gasteiger charge is 2.41. The van der Waals surface area contributed by atoms with E-state index >= 15 is 0 Å². The highest BCUT2D eigenvalue weighted by molar-refractivity contribution is 7.22. The number of aryl methyl sites for hydroxylation is 1. The summed E-state index contributed by atoms with van der Waals surface area (Å²) in [6.07, 6.45) is 2.40. The van der Waals surface area contributed by atoms with E-state index in [4.69, 9.17) is 5.41 Å². The fourth-order valence-corrected chi connectivity index (χ4v) is 4.25. The maximum absolute atomic E-state index is 13.0. The number of nitrogens with zero attached hydrogens (tertiary/aromatic N) is 3. The molecular weight excluding hydrogens is 344 g/mol. The molecule has 1 fully saturated rings. The van der Waals surface area contributed by atoms with E-state index < -0.39 is 16.8 Å². The third-order valence-corrected chi connectivity index (χ3v) is 5.49. The second-order valence-electron chi connectivity index (χ2n) is 6.31. The standard InChI is InChI=1S/C15H18N6O3S/c1-8-10-12(25-11(8)19-17-5-4-16)18-14(24)21(13(10)23)15(2)6-9(22)20(3)7-15/h4-5,16,19H,6-7H2,1-3H3,(H,18,24)/b16-4?,17-5-. The van der Waals surface area contributed by atoms with Crippen LogP contribution in [0.1, 0.15) is 18.9 Å². The van der Waals surface area contributed by atoms with Crippen molar-refractivity contribution in [2.24, 2.45) is 5.10 Å². The molecule has 1 saturated heterocycles. The number of likely N-dealkylation sites (N-methyl/N-ethyl adjacent to an activating group) is 1. The molecule has 2 aromatic heterocycles. The number of anilines is 1. The quantitative estimate of drug-likeness (QED) is 0.547. The van der Waals surface area contributed by atoms with E-state index in [-0.39, 0.29) is 12.3 Å². The maximum atomic E-state index is 13.0. The average molecular weight is 362 g/mol. The van der Waals surface area contributed by atoms with Crippen LogP contribution in [0, 0.1) is 12.3 Å². The largest absolute Gasteiger partial charge is 0.343 e. The van der Waals surface area contributed by atoms with E-state index in [2.05, 4.69) is 15.5 Å². The number of aromatic nitrogens is 2. The molecule has 1 unspecified atom stereocenters. The molecule has 3 N–H and O–H groups in total. The Hall–Kier alpha value is -2.75. The van der Waals surface area contributed by atoms with Gasteiger partial charge in [-0.2, -0.15) is 5.10 Å². The van der Waals surface area contributed by atoms with E-state index in [1.165, 1.54) is 22.5 Å². The summed E-state index contributed by atoms with van der Waals surface area (Å²) < 4.78 is 1.15. The van der Waals surface area contributed by atoms with Gasteiger partial charge in [-0.25, -0.2) is 4.79 Å². The minimum Gasteiger partial charge on any atom is -0.343 e. The van der Waals surface area contributed by atoms with Crippen molar-refractivity contribution < 1.29 is 4.79 Å². The van der Waals surface area contributed by atoms with Crippen LogP contribution in [-0.4, -0.2) is 46.4 Å². The molecule has 0 saturated carbocycles. The molecule has 0 aliphatic carbocycles. The Morgan fingerprint density at radius 1 is 1.40 bits per heavy atom. The van der Waals surface area contributed by atoms with Crippen LogP contribution in [-0.2, 0) is 10.3 Å². The fourth-order valence-electron chi connectivity index (χ4n) is 3.21. The molecule has 0 radical (unpaired) electrons. The molecular formula is C15H18N6O3S. The van der Waals surface area contributed by atoms with Gasteiger partial charge in [0.2, 0.25) is 5.91 Å². The van der Waals surface area contributed by atoms with Gasteiger partial charge in [-0.05, 0) is 13.8 Å². The summed E-state index contributed by atoms with van der Waals surface area (Å²) >= 11 is 1.21. The first kappa shape index (κ1) is 17.1. The van der Waals surface area contributed by atoms with Crippen molar-refractivity contribution in [2.75, 3.05) is 19.0 Å². The number of carbonyl (C=O) groups excluding carboxylic acids is 1. The number of H-pyrrole nitrogens is 1. The molecule has 132 valence electrons. The zero-order valence-electron chi connectivity index (χ0n) is 14.0. The number of fused-ring (bicyclic) bond motifs is 1. The van der Waals surface area contributed by atoms with Gasteiger partial charge in [0.05, 0.1) is 23.6 Å². The van der Waals surface area contributed by atoms with Crippen LogP contribution in [0.3, 0.4) is 0 Å². The van der Waals surface area contributed by atoms with Gasteiger partial charge in [0.15, 0.2) is 0 Å². The van der Waals surface area contributed by atoms with Gasteiger partial charge < -0.3 is 10.3 Å². The Balaban J connectivity index is 2.19. The van der Waals surface area contributed by atoms with Crippen LogP contribution in [0.25, 0.3) is 10.2 Å². The lowest BCUT2D eigenvalue weighted by Crippen LogP contribution is -2.49. The monoisotopic (exact) mass is 362 g/mol. The van der Waals surface area contributed by atoms with E-state index in [1.54, 1.807) is 20.9 Å². The Morgan fingerprint density at radius 2 is 2.12 bits per heavy atom. The van der Waals surface area contributed by atoms with Gasteiger partial charge in [0.1, 0.15) is 9.83 Å². The van der Waals surface area contributed by atoms with E-state index in [9.17, 15) is 14.4 Å². The third kappa shape index (κ3) is 2.68. The van der Waals surface area contributed by atoms with Gasteiger partial charge in [0.25, 0.3) is 5.56 Å². The highest BCUT2D eigenvalue weighted by Crippen LogP contribution is 2.32. The summed E-state index contributed by atoms with van der Waals surface area (Å²) in [5.74, 6) is -0.0979. The lowest BCUT2D eigenvalue weighted by Gasteiger charge is -2.24. The van der Waals surface area contributed by atoms with Crippen molar-refractivity contribution in [2.45, 2.75) is 25.8 Å². The summed E-state index contributed by atoms with van der Waals surface area (Å²) in [4.78, 5) is 42.2. The molecule has 0 spiro atoms. The Morgan fingerprint density at radius 3 is 2.72 bits per heavy atom. The van der Waals surface area contributed by atoms with Crippen LogP contribution in [0.5, 0.6) is 0 Å². The zero-order chi connectivity index (χ0) is 18.4. The smallest absolute Gasteiger partial charge is 0.330 e. The van der Waals surface area contributed by atoms with Crippen molar-refractivity contribution in [3.63, 3.8) is 0 Å².